The predicted octanol–water partition coefficient (Wildman–Crippen LogP) is 2.16. The minimum absolute atomic E-state index is 0.0325. The minimum atomic E-state index is -0.480. The molecule has 1 heterocycles. The monoisotopic (exact) mass is 265 g/mol. The first kappa shape index (κ1) is 13.3. The van der Waals surface area contributed by atoms with E-state index >= 15 is 0 Å². The highest BCUT2D eigenvalue weighted by atomic mass is 16.6. The summed E-state index contributed by atoms with van der Waals surface area (Å²) in [5.74, 6) is 0.203. The smallest absolute Gasteiger partial charge is 0.295 e. The quantitative estimate of drug-likeness (QED) is 0.634. The van der Waals surface area contributed by atoms with Gasteiger partial charge in [0, 0.05) is 12.1 Å². The zero-order valence-electron chi connectivity index (χ0n) is 10.7. The summed E-state index contributed by atoms with van der Waals surface area (Å²) in [6.45, 7) is 3.87. The predicted molar refractivity (Wildman–Crippen MR) is 70.0 cm³/mol. The molecule has 102 valence electrons. The second-order valence-electron chi connectivity index (χ2n) is 4.61. The number of hydrogen-bond donors (Lipinski definition) is 2. The number of aromatic nitrogens is 1. The van der Waals surface area contributed by atoms with Gasteiger partial charge in [-0.1, -0.05) is 13.8 Å². The van der Waals surface area contributed by atoms with Crippen molar-refractivity contribution in [1.82, 2.24) is 4.98 Å². The normalized spacial score (nSPS) is 12.8. The van der Waals surface area contributed by atoms with Crippen LogP contribution in [0.25, 0.3) is 11.1 Å². The number of anilines is 1. The van der Waals surface area contributed by atoms with Gasteiger partial charge in [-0.05, 0) is 12.0 Å². The second-order valence-corrected chi connectivity index (χ2v) is 4.61. The van der Waals surface area contributed by atoms with Gasteiger partial charge >= 0.3 is 0 Å². The van der Waals surface area contributed by atoms with Crippen molar-refractivity contribution in [2.45, 2.75) is 19.9 Å². The van der Waals surface area contributed by atoms with E-state index in [4.69, 9.17) is 4.42 Å². The number of non-ortho nitro benzene ring substituents is 1. The number of benzene rings is 1. The van der Waals surface area contributed by atoms with Crippen molar-refractivity contribution in [3.8, 4) is 0 Å². The number of rotatable bonds is 5. The Balaban J connectivity index is 2.28. The van der Waals surface area contributed by atoms with E-state index < -0.39 is 4.92 Å². The molecule has 1 atom stereocenters. The molecule has 0 aliphatic heterocycles. The number of nitro benzene ring substituents is 1. The highest BCUT2D eigenvalue weighted by Crippen LogP contribution is 2.24. The maximum absolute atomic E-state index is 10.7. The molecule has 0 unspecified atom stereocenters. The summed E-state index contributed by atoms with van der Waals surface area (Å²) in [4.78, 5) is 14.3. The van der Waals surface area contributed by atoms with E-state index in [1.165, 1.54) is 18.2 Å². The van der Waals surface area contributed by atoms with Crippen molar-refractivity contribution in [2.75, 3.05) is 11.9 Å². The molecule has 0 saturated heterocycles. The molecule has 0 fully saturated rings. The highest BCUT2D eigenvalue weighted by molar-refractivity contribution is 5.77. The number of aliphatic hydroxyl groups is 1. The molecule has 2 aromatic rings. The zero-order chi connectivity index (χ0) is 14.0. The Kier molecular flexibility index (Phi) is 3.66. The summed E-state index contributed by atoms with van der Waals surface area (Å²) >= 11 is 0. The van der Waals surface area contributed by atoms with Crippen LogP contribution in [0.2, 0.25) is 0 Å². The average Bonchev–Trinajstić information content (AvgIpc) is 2.76. The fourth-order valence-electron chi connectivity index (χ4n) is 1.67. The molecule has 2 N–H and O–H groups in total. The third-order valence-electron chi connectivity index (χ3n) is 2.89. The van der Waals surface area contributed by atoms with Crippen molar-refractivity contribution in [2.24, 2.45) is 5.92 Å². The van der Waals surface area contributed by atoms with Gasteiger partial charge in [0.1, 0.15) is 5.52 Å². The first-order valence-electron chi connectivity index (χ1n) is 5.93. The zero-order valence-corrected chi connectivity index (χ0v) is 10.7. The third-order valence-corrected chi connectivity index (χ3v) is 2.89. The molecule has 0 spiro atoms. The molecule has 0 aliphatic carbocycles. The van der Waals surface area contributed by atoms with Crippen LogP contribution in [-0.2, 0) is 0 Å². The molecule has 0 bridgehead atoms. The topological polar surface area (TPSA) is 101 Å². The van der Waals surface area contributed by atoms with Crippen LogP contribution in [0.1, 0.15) is 13.8 Å². The Hall–Kier alpha value is -2.15. The van der Waals surface area contributed by atoms with Crippen LogP contribution in [0.5, 0.6) is 0 Å². The number of aliphatic hydroxyl groups excluding tert-OH is 1. The molecule has 19 heavy (non-hydrogen) atoms. The van der Waals surface area contributed by atoms with Gasteiger partial charge in [0.25, 0.3) is 11.7 Å². The standard InChI is InChI=1S/C12H15N3O4/c1-7(2)10(6-16)14-12-13-9-5-8(15(17)18)3-4-11(9)19-12/h3-5,7,10,16H,6H2,1-2H3,(H,13,14)/t10-/m1/s1. The van der Waals surface area contributed by atoms with Gasteiger partial charge in [0.05, 0.1) is 17.6 Å². The maximum Gasteiger partial charge on any atom is 0.295 e. The molecule has 0 radical (unpaired) electrons. The number of nitro groups is 1. The molecule has 0 saturated carbocycles. The molecule has 1 aromatic carbocycles. The minimum Gasteiger partial charge on any atom is -0.424 e. The van der Waals surface area contributed by atoms with Crippen LogP contribution >= 0.6 is 0 Å². The summed E-state index contributed by atoms with van der Waals surface area (Å²) in [6.07, 6.45) is 0. The SMILES string of the molecule is CC(C)[C@@H](CO)Nc1nc2cc([N+](=O)[O-])ccc2o1. The molecule has 7 nitrogen and oxygen atoms in total. The van der Waals surface area contributed by atoms with Crippen molar-refractivity contribution in [1.29, 1.82) is 0 Å². The van der Waals surface area contributed by atoms with E-state index in [1.807, 2.05) is 13.8 Å². The van der Waals surface area contributed by atoms with E-state index in [2.05, 4.69) is 10.3 Å². The lowest BCUT2D eigenvalue weighted by Crippen LogP contribution is -2.29. The number of nitrogens with zero attached hydrogens (tertiary/aromatic N) is 2. The Morgan fingerprint density at radius 1 is 1.53 bits per heavy atom. The van der Waals surface area contributed by atoms with Crippen molar-refractivity contribution in [3.05, 3.63) is 28.3 Å². The van der Waals surface area contributed by atoms with Crippen LogP contribution in [0.4, 0.5) is 11.7 Å². The Morgan fingerprint density at radius 2 is 2.26 bits per heavy atom. The van der Waals surface area contributed by atoms with E-state index in [1.54, 1.807) is 0 Å². The lowest BCUT2D eigenvalue weighted by molar-refractivity contribution is -0.384. The Morgan fingerprint density at radius 3 is 2.84 bits per heavy atom. The molecule has 0 aliphatic rings. The van der Waals surface area contributed by atoms with E-state index in [-0.39, 0.29) is 30.3 Å². The van der Waals surface area contributed by atoms with Crippen molar-refractivity contribution >= 4 is 22.8 Å². The third kappa shape index (κ3) is 2.82. The van der Waals surface area contributed by atoms with Crippen LogP contribution in [0.15, 0.2) is 22.6 Å². The molecule has 7 heteroatoms. The molecular weight excluding hydrogens is 250 g/mol. The van der Waals surface area contributed by atoms with E-state index in [0.717, 1.165) is 0 Å². The van der Waals surface area contributed by atoms with Gasteiger partial charge in [-0.15, -0.1) is 0 Å². The largest absolute Gasteiger partial charge is 0.424 e. The average molecular weight is 265 g/mol. The number of hydrogen-bond acceptors (Lipinski definition) is 6. The van der Waals surface area contributed by atoms with Gasteiger partial charge in [-0.2, -0.15) is 4.98 Å². The lowest BCUT2D eigenvalue weighted by Gasteiger charge is -2.18. The van der Waals surface area contributed by atoms with Crippen LogP contribution < -0.4 is 5.32 Å². The summed E-state index contributed by atoms with van der Waals surface area (Å²) in [5.41, 5.74) is 0.848. The summed E-state index contributed by atoms with van der Waals surface area (Å²) in [6, 6.07) is 4.30. The van der Waals surface area contributed by atoms with Crippen LogP contribution in [-0.4, -0.2) is 27.7 Å². The second kappa shape index (κ2) is 5.23. The fourth-order valence-corrected chi connectivity index (χ4v) is 1.67. The number of fused-ring (bicyclic) bond motifs is 1. The Bertz CT molecular complexity index is 594. The fraction of sp³-hybridized carbons (Fsp3) is 0.417. The van der Waals surface area contributed by atoms with Gasteiger partial charge < -0.3 is 14.8 Å². The highest BCUT2D eigenvalue weighted by Gasteiger charge is 2.16. The molecule has 2 rings (SSSR count). The first-order valence-corrected chi connectivity index (χ1v) is 5.93. The number of oxazole rings is 1. The maximum atomic E-state index is 10.7. The summed E-state index contributed by atoms with van der Waals surface area (Å²) in [7, 11) is 0. The molecular formula is C12H15N3O4. The van der Waals surface area contributed by atoms with E-state index in [0.29, 0.717) is 11.1 Å². The summed E-state index contributed by atoms with van der Waals surface area (Å²) in [5, 5.41) is 22.9. The van der Waals surface area contributed by atoms with Crippen LogP contribution in [0.3, 0.4) is 0 Å². The van der Waals surface area contributed by atoms with Crippen molar-refractivity contribution in [3.63, 3.8) is 0 Å². The lowest BCUT2D eigenvalue weighted by atomic mass is 10.1. The van der Waals surface area contributed by atoms with E-state index in [9.17, 15) is 15.2 Å². The Labute approximate surface area is 109 Å². The molecule has 0 amide bonds. The summed E-state index contributed by atoms with van der Waals surface area (Å²) < 4.78 is 5.43. The first-order chi connectivity index (χ1) is 9.01. The van der Waals surface area contributed by atoms with Gasteiger partial charge in [-0.3, -0.25) is 10.1 Å². The van der Waals surface area contributed by atoms with Gasteiger partial charge in [-0.25, -0.2) is 0 Å². The van der Waals surface area contributed by atoms with Crippen molar-refractivity contribution < 1.29 is 14.4 Å². The van der Waals surface area contributed by atoms with Crippen LogP contribution in [0, 0.1) is 16.0 Å². The molecule has 1 aromatic heterocycles. The van der Waals surface area contributed by atoms with Gasteiger partial charge in [0.2, 0.25) is 0 Å². The number of nitrogens with one attached hydrogen (secondary N) is 1. The van der Waals surface area contributed by atoms with Gasteiger partial charge in [0.15, 0.2) is 5.58 Å².